The molecule has 2 amide bonds. The van der Waals surface area contributed by atoms with Gasteiger partial charge in [0.05, 0.1) is 23.9 Å². The zero-order chi connectivity index (χ0) is 17.9. The summed E-state index contributed by atoms with van der Waals surface area (Å²) in [4.78, 5) is 24.3. The topological polar surface area (TPSA) is 76.7 Å². The number of carbonyl (C=O) groups excluding carboxylic acids is 2. The van der Waals surface area contributed by atoms with Gasteiger partial charge in [-0.15, -0.1) is 0 Å². The number of amides is 2. The van der Waals surface area contributed by atoms with Gasteiger partial charge in [0.1, 0.15) is 6.04 Å². The van der Waals surface area contributed by atoms with Crippen LogP contribution in [-0.2, 0) is 9.59 Å². The SMILES string of the molecule is CC(NC(=O)C(C)(C)C)C(=O)Nc1cc2c(cc1Cl)OCCCO2. The Balaban J connectivity index is 2.08. The molecular formula is C17H23ClN2O4. The zero-order valence-corrected chi connectivity index (χ0v) is 15.1. The van der Waals surface area contributed by atoms with E-state index >= 15 is 0 Å². The molecular weight excluding hydrogens is 332 g/mol. The molecule has 0 spiro atoms. The van der Waals surface area contributed by atoms with Gasteiger partial charge < -0.3 is 20.1 Å². The van der Waals surface area contributed by atoms with Gasteiger partial charge in [0.2, 0.25) is 11.8 Å². The number of halogens is 1. The fourth-order valence-corrected chi connectivity index (χ4v) is 2.20. The van der Waals surface area contributed by atoms with Crippen molar-refractivity contribution in [2.75, 3.05) is 18.5 Å². The lowest BCUT2D eigenvalue weighted by molar-refractivity contribution is -0.131. The number of hydrogen-bond donors (Lipinski definition) is 2. The summed E-state index contributed by atoms with van der Waals surface area (Å²) in [7, 11) is 0. The quantitative estimate of drug-likeness (QED) is 0.874. The van der Waals surface area contributed by atoms with Gasteiger partial charge in [-0.05, 0) is 6.92 Å². The van der Waals surface area contributed by atoms with Gasteiger partial charge in [-0.3, -0.25) is 9.59 Å². The minimum Gasteiger partial charge on any atom is -0.490 e. The van der Waals surface area contributed by atoms with Crippen LogP contribution in [0, 0.1) is 5.41 Å². The number of rotatable bonds is 3. The normalized spacial score (nSPS) is 15.2. The third kappa shape index (κ3) is 4.54. The van der Waals surface area contributed by atoms with Crippen LogP contribution < -0.4 is 20.1 Å². The molecule has 24 heavy (non-hydrogen) atoms. The van der Waals surface area contributed by atoms with Crippen molar-refractivity contribution in [3.63, 3.8) is 0 Å². The molecule has 1 aliphatic heterocycles. The maximum atomic E-state index is 12.3. The number of fused-ring (bicyclic) bond motifs is 1. The van der Waals surface area contributed by atoms with Gasteiger partial charge in [-0.25, -0.2) is 0 Å². The molecule has 0 aliphatic carbocycles. The Hall–Kier alpha value is -1.95. The number of benzene rings is 1. The van der Waals surface area contributed by atoms with Gasteiger partial charge in [-0.2, -0.15) is 0 Å². The summed E-state index contributed by atoms with van der Waals surface area (Å²) in [6.07, 6.45) is 0.782. The fourth-order valence-electron chi connectivity index (χ4n) is 2.00. The predicted molar refractivity (Wildman–Crippen MR) is 92.7 cm³/mol. The summed E-state index contributed by atoms with van der Waals surface area (Å²) in [6, 6.07) is 2.57. The maximum absolute atomic E-state index is 12.3. The number of ether oxygens (including phenoxy) is 2. The Morgan fingerprint density at radius 3 is 2.33 bits per heavy atom. The molecule has 1 aliphatic rings. The van der Waals surface area contributed by atoms with Crippen LogP contribution in [0.2, 0.25) is 5.02 Å². The van der Waals surface area contributed by atoms with Crippen molar-refractivity contribution >= 4 is 29.1 Å². The van der Waals surface area contributed by atoms with E-state index in [1.54, 1.807) is 39.8 Å². The van der Waals surface area contributed by atoms with E-state index in [1.165, 1.54) is 0 Å². The van der Waals surface area contributed by atoms with Crippen LogP contribution in [0.15, 0.2) is 12.1 Å². The smallest absolute Gasteiger partial charge is 0.246 e. The second-order valence-corrected chi connectivity index (χ2v) is 7.17. The molecule has 2 rings (SSSR count). The minimum atomic E-state index is -0.691. The second-order valence-electron chi connectivity index (χ2n) is 6.76. The molecule has 0 bridgehead atoms. The van der Waals surface area contributed by atoms with E-state index in [1.807, 2.05) is 0 Å². The van der Waals surface area contributed by atoms with E-state index in [9.17, 15) is 9.59 Å². The van der Waals surface area contributed by atoms with Gasteiger partial charge in [0, 0.05) is 24.0 Å². The highest BCUT2D eigenvalue weighted by atomic mass is 35.5. The predicted octanol–water partition coefficient (Wildman–Crippen LogP) is 2.99. The van der Waals surface area contributed by atoms with Gasteiger partial charge in [0.25, 0.3) is 0 Å². The van der Waals surface area contributed by atoms with Crippen molar-refractivity contribution in [2.45, 2.75) is 40.2 Å². The van der Waals surface area contributed by atoms with Crippen LogP contribution in [0.3, 0.4) is 0 Å². The maximum Gasteiger partial charge on any atom is 0.246 e. The Morgan fingerprint density at radius 2 is 1.75 bits per heavy atom. The van der Waals surface area contributed by atoms with E-state index in [-0.39, 0.29) is 11.8 Å². The lowest BCUT2D eigenvalue weighted by Crippen LogP contribution is -2.46. The molecule has 1 aromatic carbocycles. The summed E-state index contributed by atoms with van der Waals surface area (Å²) in [5.41, 5.74) is -0.149. The summed E-state index contributed by atoms with van der Waals surface area (Å²) < 4.78 is 11.1. The van der Waals surface area contributed by atoms with Crippen LogP contribution in [0.25, 0.3) is 0 Å². The van der Waals surface area contributed by atoms with E-state index < -0.39 is 11.5 Å². The van der Waals surface area contributed by atoms with E-state index in [0.717, 1.165) is 6.42 Å². The molecule has 6 nitrogen and oxygen atoms in total. The number of nitrogens with one attached hydrogen (secondary N) is 2. The molecule has 1 heterocycles. The number of anilines is 1. The van der Waals surface area contributed by atoms with Crippen molar-refractivity contribution in [1.29, 1.82) is 0 Å². The molecule has 1 atom stereocenters. The van der Waals surface area contributed by atoms with Crippen LogP contribution in [-0.4, -0.2) is 31.1 Å². The molecule has 132 valence electrons. The lowest BCUT2D eigenvalue weighted by atomic mass is 9.95. The zero-order valence-electron chi connectivity index (χ0n) is 14.4. The van der Waals surface area contributed by atoms with Crippen LogP contribution in [0.4, 0.5) is 5.69 Å². The Bertz CT molecular complexity index is 640. The number of carbonyl (C=O) groups is 2. The third-order valence-corrected chi connectivity index (χ3v) is 3.83. The average molecular weight is 355 g/mol. The van der Waals surface area contributed by atoms with Crippen molar-refractivity contribution < 1.29 is 19.1 Å². The minimum absolute atomic E-state index is 0.199. The van der Waals surface area contributed by atoms with Crippen LogP contribution in [0.1, 0.15) is 34.1 Å². The second kappa shape index (κ2) is 7.30. The first kappa shape index (κ1) is 18.4. The van der Waals surface area contributed by atoms with Crippen molar-refractivity contribution in [3.8, 4) is 11.5 Å². The monoisotopic (exact) mass is 354 g/mol. The molecule has 1 aromatic rings. The van der Waals surface area contributed by atoms with Crippen molar-refractivity contribution in [3.05, 3.63) is 17.2 Å². The first-order valence-corrected chi connectivity index (χ1v) is 8.27. The Kier molecular flexibility index (Phi) is 5.59. The summed E-state index contributed by atoms with van der Waals surface area (Å²) in [5.74, 6) is 0.544. The molecule has 0 saturated carbocycles. The first-order chi connectivity index (χ1) is 11.2. The summed E-state index contributed by atoms with van der Waals surface area (Å²) in [5, 5.41) is 5.75. The lowest BCUT2D eigenvalue weighted by Gasteiger charge is -2.21. The molecule has 0 aromatic heterocycles. The van der Waals surface area contributed by atoms with Gasteiger partial charge >= 0.3 is 0 Å². The molecule has 1 unspecified atom stereocenters. The molecule has 0 fully saturated rings. The Labute approximate surface area is 146 Å². The first-order valence-electron chi connectivity index (χ1n) is 7.89. The summed E-state index contributed by atoms with van der Waals surface area (Å²) >= 11 is 6.20. The highest BCUT2D eigenvalue weighted by Crippen LogP contribution is 2.37. The Morgan fingerprint density at radius 1 is 1.17 bits per heavy atom. The van der Waals surface area contributed by atoms with E-state index in [4.69, 9.17) is 21.1 Å². The molecule has 7 heteroatoms. The fraction of sp³-hybridized carbons (Fsp3) is 0.529. The highest BCUT2D eigenvalue weighted by molar-refractivity contribution is 6.34. The standard InChI is InChI=1S/C17H23ClN2O4/c1-10(19-16(22)17(2,3)4)15(21)20-12-9-14-13(8-11(12)18)23-6-5-7-24-14/h8-10H,5-7H2,1-4H3,(H,19,22)(H,20,21). The molecule has 0 radical (unpaired) electrons. The average Bonchev–Trinajstić information content (AvgIpc) is 2.71. The van der Waals surface area contributed by atoms with Gasteiger partial charge in [0.15, 0.2) is 11.5 Å². The number of hydrogen-bond acceptors (Lipinski definition) is 4. The van der Waals surface area contributed by atoms with Crippen LogP contribution >= 0.6 is 11.6 Å². The molecule has 2 N–H and O–H groups in total. The summed E-state index contributed by atoms with van der Waals surface area (Å²) in [6.45, 7) is 8.08. The van der Waals surface area contributed by atoms with Gasteiger partial charge in [-0.1, -0.05) is 32.4 Å². The highest BCUT2D eigenvalue weighted by Gasteiger charge is 2.25. The van der Waals surface area contributed by atoms with Crippen molar-refractivity contribution in [2.24, 2.45) is 5.41 Å². The largest absolute Gasteiger partial charge is 0.490 e. The van der Waals surface area contributed by atoms with E-state index in [2.05, 4.69) is 10.6 Å². The third-order valence-electron chi connectivity index (χ3n) is 3.52. The molecule has 0 saturated heterocycles. The van der Waals surface area contributed by atoms with Crippen LogP contribution in [0.5, 0.6) is 11.5 Å². The van der Waals surface area contributed by atoms with Crippen molar-refractivity contribution in [1.82, 2.24) is 5.32 Å². The van der Waals surface area contributed by atoms with E-state index in [0.29, 0.717) is 35.4 Å².